The first-order valence-electron chi connectivity index (χ1n) is 5.89. The van der Waals surface area contributed by atoms with E-state index in [1.807, 2.05) is 0 Å². The van der Waals surface area contributed by atoms with Crippen LogP contribution in [-0.4, -0.2) is 37.0 Å². The summed E-state index contributed by atoms with van der Waals surface area (Å²) in [4.78, 5) is 13.9. The van der Waals surface area contributed by atoms with Crippen LogP contribution in [0.4, 0.5) is 0 Å². The number of nitrogens with one attached hydrogen (secondary N) is 1. The van der Waals surface area contributed by atoms with E-state index in [-0.39, 0.29) is 11.4 Å². The van der Waals surface area contributed by atoms with Crippen molar-refractivity contribution in [2.75, 3.05) is 20.6 Å². The Balaban J connectivity index is 2.42. The summed E-state index contributed by atoms with van der Waals surface area (Å²) in [6, 6.07) is 0. The van der Waals surface area contributed by atoms with Crippen molar-refractivity contribution in [1.29, 1.82) is 0 Å². The van der Waals surface area contributed by atoms with Crippen molar-refractivity contribution in [3.63, 3.8) is 0 Å². The highest BCUT2D eigenvalue weighted by Gasteiger charge is 2.38. The van der Waals surface area contributed by atoms with Gasteiger partial charge in [-0.25, -0.2) is 0 Å². The van der Waals surface area contributed by atoms with E-state index >= 15 is 0 Å². The summed E-state index contributed by atoms with van der Waals surface area (Å²) in [6.07, 6.45) is 4.16. The average molecular weight is 212 g/mol. The Bertz CT molecular complexity index is 220. The van der Waals surface area contributed by atoms with Gasteiger partial charge in [-0.3, -0.25) is 4.79 Å². The summed E-state index contributed by atoms with van der Waals surface area (Å²) in [6.45, 7) is 5.13. The molecule has 0 unspecified atom stereocenters. The van der Waals surface area contributed by atoms with Crippen LogP contribution < -0.4 is 5.32 Å². The SMILES string of the molecule is CC(C)CC(=O)NC1(CN(C)C)CCC1. The molecule has 1 aliphatic carbocycles. The van der Waals surface area contributed by atoms with E-state index in [9.17, 15) is 4.79 Å². The Morgan fingerprint density at radius 1 is 1.40 bits per heavy atom. The minimum atomic E-state index is 0.0788. The van der Waals surface area contributed by atoms with Crippen molar-refractivity contribution in [1.82, 2.24) is 10.2 Å². The molecule has 1 fully saturated rings. The first-order valence-corrected chi connectivity index (χ1v) is 5.89. The number of carbonyl (C=O) groups excluding carboxylic acids is 1. The number of likely N-dealkylation sites (N-methyl/N-ethyl adjacent to an activating group) is 1. The zero-order valence-corrected chi connectivity index (χ0v) is 10.5. The van der Waals surface area contributed by atoms with Crippen molar-refractivity contribution in [2.24, 2.45) is 5.92 Å². The van der Waals surface area contributed by atoms with Gasteiger partial charge in [0, 0.05) is 13.0 Å². The van der Waals surface area contributed by atoms with Crippen LogP contribution in [0.5, 0.6) is 0 Å². The van der Waals surface area contributed by atoms with Crippen molar-refractivity contribution in [3.05, 3.63) is 0 Å². The van der Waals surface area contributed by atoms with E-state index in [2.05, 4.69) is 38.2 Å². The number of hydrogen-bond donors (Lipinski definition) is 1. The first-order chi connectivity index (χ1) is 6.93. The Morgan fingerprint density at radius 3 is 2.33 bits per heavy atom. The summed E-state index contributed by atoms with van der Waals surface area (Å²) < 4.78 is 0. The van der Waals surface area contributed by atoms with Gasteiger partial charge >= 0.3 is 0 Å². The number of carbonyl (C=O) groups is 1. The molecule has 0 aromatic carbocycles. The molecule has 88 valence electrons. The molecular weight excluding hydrogens is 188 g/mol. The van der Waals surface area contributed by atoms with Gasteiger partial charge in [-0.15, -0.1) is 0 Å². The summed E-state index contributed by atoms with van der Waals surface area (Å²) in [5.74, 6) is 0.660. The lowest BCUT2D eigenvalue weighted by molar-refractivity contribution is -0.125. The van der Waals surface area contributed by atoms with Gasteiger partial charge in [0.2, 0.25) is 5.91 Å². The highest BCUT2D eigenvalue weighted by molar-refractivity contribution is 5.77. The Kier molecular flexibility index (Phi) is 4.14. The molecule has 1 N–H and O–H groups in total. The summed E-state index contributed by atoms with van der Waals surface area (Å²) in [5, 5.41) is 3.21. The third kappa shape index (κ3) is 3.82. The fourth-order valence-corrected chi connectivity index (χ4v) is 2.25. The smallest absolute Gasteiger partial charge is 0.220 e. The predicted octanol–water partition coefficient (Wildman–Crippen LogP) is 1.63. The molecule has 1 aliphatic rings. The van der Waals surface area contributed by atoms with Crippen LogP contribution in [0, 0.1) is 5.92 Å². The van der Waals surface area contributed by atoms with Crippen LogP contribution in [0.2, 0.25) is 0 Å². The van der Waals surface area contributed by atoms with Crippen LogP contribution in [0.1, 0.15) is 39.5 Å². The molecule has 0 bridgehead atoms. The summed E-state index contributed by atoms with van der Waals surface area (Å²) >= 11 is 0. The van der Waals surface area contributed by atoms with Crippen LogP contribution in [0.25, 0.3) is 0 Å². The van der Waals surface area contributed by atoms with E-state index in [0.29, 0.717) is 12.3 Å². The molecule has 1 amide bonds. The van der Waals surface area contributed by atoms with E-state index in [0.717, 1.165) is 19.4 Å². The molecule has 0 aromatic rings. The van der Waals surface area contributed by atoms with Gasteiger partial charge in [0.1, 0.15) is 0 Å². The van der Waals surface area contributed by atoms with E-state index in [1.165, 1.54) is 6.42 Å². The van der Waals surface area contributed by atoms with Gasteiger partial charge in [-0.2, -0.15) is 0 Å². The van der Waals surface area contributed by atoms with Crippen molar-refractivity contribution in [2.45, 2.75) is 45.1 Å². The average Bonchev–Trinajstić information content (AvgIpc) is 1.97. The molecule has 0 atom stereocenters. The highest BCUT2D eigenvalue weighted by Crippen LogP contribution is 2.32. The first kappa shape index (κ1) is 12.5. The van der Waals surface area contributed by atoms with E-state index < -0.39 is 0 Å². The van der Waals surface area contributed by atoms with Crippen LogP contribution in [-0.2, 0) is 4.79 Å². The zero-order chi connectivity index (χ0) is 11.5. The molecule has 0 aliphatic heterocycles. The fraction of sp³-hybridized carbons (Fsp3) is 0.917. The molecule has 0 radical (unpaired) electrons. The van der Waals surface area contributed by atoms with Crippen LogP contribution >= 0.6 is 0 Å². The topological polar surface area (TPSA) is 32.3 Å². The zero-order valence-electron chi connectivity index (χ0n) is 10.5. The summed E-state index contributed by atoms with van der Waals surface area (Å²) in [7, 11) is 4.13. The molecule has 0 aromatic heterocycles. The minimum absolute atomic E-state index is 0.0788. The van der Waals surface area contributed by atoms with Crippen LogP contribution in [0.3, 0.4) is 0 Å². The third-order valence-electron chi connectivity index (χ3n) is 2.93. The normalized spacial score (nSPS) is 19.1. The largest absolute Gasteiger partial charge is 0.349 e. The number of nitrogens with zero attached hydrogens (tertiary/aromatic N) is 1. The minimum Gasteiger partial charge on any atom is -0.349 e. The molecule has 0 spiro atoms. The van der Waals surface area contributed by atoms with Gasteiger partial charge in [-0.1, -0.05) is 13.8 Å². The lowest BCUT2D eigenvalue weighted by Gasteiger charge is -2.44. The molecule has 1 rings (SSSR count). The second-order valence-electron chi connectivity index (χ2n) is 5.52. The standard InChI is InChI=1S/C12H24N2O/c1-10(2)8-11(15)13-12(6-5-7-12)9-14(3)4/h10H,5-9H2,1-4H3,(H,13,15). The van der Waals surface area contributed by atoms with Gasteiger partial charge in [-0.05, 0) is 39.3 Å². The molecule has 15 heavy (non-hydrogen) atoms. The van der Waals surface area contributed by atoms with Crippen molar-refractivity contribution in [3.8, 4) is 0 Å². The highest BCUT2D eigenvalue weighted by atomic mass is 16.1. The molecule has 0 heterocycles. The quantitative estimate of drug-likeness (QED) is 0.751. The third-order valence-corrected chi connectivity index (χ3v) is 2.93. The number of rotatable bonds is 5. The van der Waals surface area contributed by atoms with E-state index in [1.54, 1.807) is 0 Å². The Hall–Kier alpha value is -0.570. The van der Waals surface area contributed by atoms with Gasteiger partial charge in [0.25, 0.3) is 0 Å². The molecule has 3 heteroatoms. The Morgan fingerprint density at radius 2 is 2.00 bits per heavy atom. The van der Waals surface area contributed by atoms with Gasteiger partial charge in [0.15, 0.2) is 0 Å². The maximum Gasteiger partial charge on any atom is 0.220 e. The maximum atomic E-state index is 11.7. The predicted molar refractivity (Wildman–Crippen MR) is 62.7 cm³/mol. The molecule has 1 saturated carbocycles. The van der Waals surface area contributed by atoms with Crippen LogP contribution in [0.15, 0.2) is 0 Å². The second kappa shape index (κ2) is 4.97. The fourth-order valence-electron chi connectivity index (χ4n) is 2.25. The molecular formula is C12H24N2O. The Labute approximate surface area is 93.2 Å². The number of amides is 1. The van der Waals surface area contributed by atoms with Crippen molar-refractivity contribution < 1.29 is 4.79 Å². The van der Waals surface area contributed by atoms with Gasteiger partial charge in [0.05, 0.1) is 5.54 Å². The maximum absolute atomic E-state index is 11.7. The molecule has 3 nitrogen and oxygen atoms in total. The molecule has 0 saturated heterocycles. The lowest BCUT2D eigenvalue weighted by atomic mass is 9.76. The number of hydrogen-bond acceptors (Lipinski definition) is 2. The van der Waals surface area contributed by atoms with Crippen molar-refractivity contribution >= 4 is 5.91 Å². The lowest BCUT2D eigenvalue weighted by Crippen LogP contribution is -2.59. The van der Waals surface area contributed by atoms with Gasteiger partial charge < -0.3 is 10.2 Å². The summed E-state index contributed by atoms with van der Waals surface area (Å²) in [5.41, 5.74) is 0.0788. The second-order valence-corrected chi connectivity index (χ2v) is 5.52. The van der Waals surface area contributed by atoms with E-state index in [4.69, 9.17) is 0 Å². The monoisotopic (exact) mass is 212 g/mol.